The number of ether oxygens (including phenoxy) is 2. The van der Waals surface area contributed by atoms with Crippen molar-refractivity contribution in [3.05, 3.63) is 80.4 Å². The maximum absolute atomic E-state index is 13.0. The molecular formula is C37H55N3O12. The number of aliphatic hydroxyl groups is 1. The number of aliphatic hydroxyl groups excluding tert-OH is 1. The minimum atomic E-state index is -0.851. The van der Waals surface area contributed by atoms with Crippen LogP contribution < -0.4 is 5.32 Å². The van der Waals surface area contributed by atoms with Crippen molar-refractivity contribution in [2.75, 3.05) is 19.8 Å². The molecular weight excluding hydrogens is 678 g/mol. The molecule has 52 heavy (non-hydrogen) atoms. The van der Waals surface area contributed by atoms with Crippen LogP contribution in [0.3, 0.4) is 0 Å². The summed E-state index contributed by atoms with van der Waals surface area (Å²) in [5, 5.41) is 32.7. The number of carbonyl (C=O) groups is 3. The number of nitrogens with one attached hydrogen (secondary N) is 1. The molecule has 15 nitrogen and oxygen atoms in total. The zero-order valence-corrected chi connectivity index (χ0v) is 30.1. The standard InChI is InChI=1S/C37H55N3O12/c1-2-38-35(42)19-11-4-3-10-18-31-32(25-24-30(41)23-22-29-16-8-5-9-17-29)34(52-37(44)21-13-7-15-27-50-40(47)48)28-33(31)51-36(43)20-12-6-14-26-49-39(45)46/h3,5,8-10,16-17,24-25,30-34,41H,2,4,6-7,11-15,18-23,26-28H2,1H3,(H,38,42)/t30-,31+,32+,33-,34+/m0/s1. The van der Waals surface area contributed by atoms with Crippen LogP contribution in [0.15, 0.2) is 54.6 Å². The molecule has 1 aromatic carbocycles. The van der Waals surface area contributed by atoms with Crippen LogP contribution in [0.25, 0.3) is 0 Å². The van der Waals surface area contributed by atoms with Gasteiger partial charge in [-0.1, -0.05) is 67.5 Å². The first-order valence-corrected chi connectivity index (χ1v) is 18.3. The second-order valence-corrected chi connectivity index (χ2v) is 12.8. The molecule has 0 bridgehead atoms. The molecule has 1 aliphatic rings. The molecule has 0 spiro atoms. The highest BCUT2D eigenvalue weighted by molar-refractivity contribution is 5.75. The molecule has 2 rings (SSSR count). The Labute approximate surface area is 305 Å². The zero-order valence-electron chi connectivity index (χ0n) is 30.1. The number of hydrogen-bond acceptors (Lipinski definition) is 12. The van der Waals surface area contributed by atoms with Gasteiger partial charge in [-0.2, -0.15) is 0 Å². The number of amides is 1. The van der Waals surface area contributed by atoms with Gasteiger partial charge in [-0.05, 0) is 70.3 Å². The van der Waals surface area contributed by atoms with Gasteiger partial charge >= 0.3 is 11.9 Å². The molecule has 0 unspecified atom stereocenters. The lowest BCUT2D eigenvalue weighted by Gasteiger charge is -2.24. The molecule has 0 aliphatic heterocycles. The highest BCUT2D eigenvalue weighted by atomic mass is 17.0. The lowest BCUT2D eigenvalue weighted by atomic mass is 9.89. The van der Waals surface area contributed by atoms with Gasteiger partial charge in [0.1, 0.15) is 12.2 Å². The molecule has 5 atom stereocenters. The monoisotopic (exact) mass is 733 g/mol. The van der Waals surface area contributed by atoms with Crippen molar-refractivity contribution in [3.63, 3.8) is 0 Å². The quantitative estimate of drug-likeness (QED) is 0.0345. The van der Waals surface area contributed by atoms with E-state index in [2.05, 4.69) is 15.0 Å². The van der Waals surface area contributed by atoms with E-state index in [0.717, 1.165) is 5.56 Å². The second kappa shape index (κ2) is 26.3. The van der Waals surface area contributed by atoms with E-state index in [1.54, 1.807) is 6.08 Å². The minimum absolute atomic E-state index is 0.00504. The summed E-state index contributed by atoms with van der Waals surface area (Å²) >= 11 is 0. The lowest BCUT2D eigenvalue weighted by Crippen LogP contribution is -2.26. The number of unbranched alkanes of at least 4 members (excludes halogenated alkanes) is 5. The number of esters is 2. The maximum atomic E-state index is 13.0. The summed E-state index contributed by atoms with van der Waals surface area (Å²) in [6.45, 7) is 2.35. The van der Waals surface area contributed by atoms with Crippen molar-refractivity contribution in [3.8, 4) is 0 Å². The third kappa shape index (κ3) is 19.8. The Bertz CT molecular complexity index is 1280. The third-order valence-corrected chi connectivity index (χ3v) is 8.73. The van der Waals surface area contributed by atoms with Crippen molar-refractivity contribution in [1.82, 2.24) is 5.32 Å². The smallest absolute Gasteiger partial charge is 0.306 e. The molecule has 0 radical (unpaired) electrons. The van der Waals surface area contributed by atoms with Crippen LogP contribution in [0.1, 0.15) is 102 Å². The largest absolute Gasteiger partial charge is 0.462 e. The number of hydrogen-bond donors (Lipinski definition) is 2. The fraction of sp³-hybridized carbons (Fsp3) is 0.649. The summed E-state index contributed by atoms with van der Waals surface area (Å²) in [4.78, 5) is 67.1. The Morgan fingerprint density at radius 1 is 0.865 bits per heavy atom. The van der Waals surface area contributed by atoms with E-state index >= 15 is 0 Å². The van der Waals surface area contributed by atoms with Gasteiger partial charge in [-0.15, -0.1) is 20.2 Å². The van der Waals surface area contributed by atoms with E-state index in [9.17, 15) is 39.7 Å². The van der Waals surface area contributed by atoms with E-state index in [0.29, 0.717) is 83.6 Å². The van der Waals surface area contributed by atoms with Crippen LogP contribution in [0.5, 0.6) is 0 Å². The maximum Gasteiger partial charge on any atom is 0.306 e. The average Bonchev–Trinajstić information content (AvgIpc) is 3.41. The zero-order chi connectivity index (χ0) is 38.0. The van der Waals surface area contributed by atoms with Crippen molar-refractivity contribution < 1.29 is 48.8 Å². The first-order chi connectivity index (χ1) is 25.1. The fourth-order valence-electron chi connectivity index (χ4n) is 6.10. The van der Waals surface area contributed by atoms with Crippen molar-refractivity contribution in [1.29, 1.82) is 0 Å². The molecule has 0 heterocycles. The van der Waals surface area contributed by atoms with Crippen LogP contribution in [0.2, 0.25) is 0 Å². The van der Waals surface area contributed by atoms with E-state index in [1.807, 2.05) is 55.5 Å². The highest BCUT2D eigenvalue weighted by Crippen LogP contribution is 2.40. The summed E-state index contributed by atoms with van der Waals surface area (Å²) in [5.41, 5.74) is 1.10. The van der Waals surface area contributed by atoms with Gasteiger partial charge in [0.05, 0.1) is 19.3 Å². The number of allylic oxidation sites excluding steroid dienone is 2. The predicted molar refractivity (Wildman–Crippen MR) is 190 cm³/mol. The van der Waals surface area contributed by atoms with Gasteiger partial charge in [0.15, 0.2) is 0 Å². The summed E-state index contributed by atoms with van der Waals surface area (Å²) in [7, 11) is 0. The fourth-order valence-corrected chi connectivity index (χ4v) is 6.10. The molecule has 290 valence electrons. The lowest BCUT2D eigenvalue weighted by molar-refractivity contribution is -0.757. The highest BCUT2D eigenvalue weighted by Gasteiger charge is 2.45. The molecule has 1 aromatic rings. The second-order valence-electron chi connectivity index (χ2n) is 12.8. The van der Waals surface area contributed by atoms with E-state index in [1.165, 1.54) is 0 Å². The van der Waals surface area contributed by atoms with Gasteiger partial charge < -0.3 is 29.6 Å². The van der Waals surface area contributed by atoms with Crippen LogP contribution in [-0.2, 0) is 40.0 Å². The summed E-state index contributed by atoms with van der Waals surface area (Å²) < 4.78 is 12.0. The summed E-state index contributed by atoms with van der Waals surface area (Å²) in [6, 6.07) is 9.81. The minimum Gasteiger partial charge on any atom is -0.462 e. The molecule has 1 fully saturated rings. The van der Waals surface area contributed by atoms with Gasteiger partial charge in [0.25, 0.3) is 10.2 Å². The van der Waals surface area contributed by atoms with E-state index in [-0.39, 0.29) is 50.2 Å². The SMILES string of the molecule is CCNC(=O)CCCC=CC[C@@H]1[C@@H](C=C[C@@H](O)CCc2ccccc2)[C@H](OC(=O)CCCCCO[N+](=O)[O-])C[C@@H]1OC(=O)CCCCCO[N+](=O)[O-]. The predicted octanol–water partition coefficient (Wildman–Crippen LogP) is 5.79. The van der Waals surface area contributed by atoms with E-state index in [4.69, 9.17) is 9.47 Å². The Kier molecular flexibility index (Phi) is 22.0. The molecule has 1 aliphatic carbocycles. The van der Waals surface area contributed by atoms with Crippen LogP contribution in [0, 0.1) is 32.1 Å². The van der Waals surface area contributed by atoms with Crippen molar-refractivity contribution in [2.45, 2.75) is 122 Å². The molecule has 1 amide bonds. The number of carbonyl (C=O) groups excluding carboxylic acids is 3. The van der Waals surface area contributed by atoms with Gasteiger partial charge in [0, 0.05) is 44.1 Å². The summed E-state index contributed by atoms with van der Waals surface area (Å²) in [5.74, 6) is -1.51. The van der Waals surface area contributed by atoms with Gasteiger partial charge in [-0.3, -0.25) is 14.4 Å². The number of benzene rings is 1. The number of nitrogens with zero attached hydrogens (tertiary/aromatic N) is 2. The van der Waals surface area contributed by atoms with Crippen LogP contribution >= 0.6 is 0 Å². The Balaban J connectivity index is 2.15. The molecule has 15 heteroatoms. The molecule has 0 aromatic heterocycles. The van der Waals surface area contributed by atoms with E-state index < -0.39 is 40.4 Å². The van der Waals surface area contributed by atoms with Crippen molar-refractivity contribution in [2.24, 2.45) is 11.8 Å². The normalized spacial score (nSPS) is 19.0. The third-order valence-electron chi connectivity index (χ3n) is 8.73. The Morgan fingerprint density at radius 2 is 1.48 bits per heavy atom. The number of rotatable bonds is 28. The Morgan fingerprint density at radius 3 is 2.08 bits per heavy atom. The van der Waals surface area contributed by atoms with Gasteiger partial charge in [-0.25, -0.2) is 0 Å². The first-order valence-electron chi connectivity index (χ1n) is 18.3. The molecule has 0 saturated heterocycles. The van der Waals surface area contributed by atoms with Crippen LogP contribution in [-0.4, -0.2) is 71.2 Å². The summed E-state index contributed by atoms with van der Waals surface area (Å²) in [6.07, 6.45) is 12.3. The first kappa shape index (κ1) is 43.6. The Hall–Kier alpha value is -4.53. The van der Waals surface area contributed by atoms with Crippen LogP contribution in [0.4, 0.5) is 0 Å². The van der Waals surface area contributed by atoms with Crippen molar-refractivity contribution >= 4 is 17.8 Å². The molecule has 2 N–H and O–H groups in total. The topological polar surface area (TPSA) is 207 Å². The molecule has 1 saturated carbocycles. The van der Waals surface area contributed by atoms with Gasteiger partial charge in [0.2, 0.25) is 5.91 Å². The average molecular weight is 734 g/mol. The number of aryl methyl sites for hydroxylation is 1.